The Balaban J connectivity index is 1.96. The lowest BCUT2D eigenvalue weighted by Gasteiger charge is -2.04. The van der Waals surface area contributed by atoms with Crippen molar-refractivity contribution in [2.75, 3.05) is 0 Å². The molecule has 0 spiro atoms. The summed E-state index contributed by atoms with van der Waals surface area (Å²) in [6.45, 7) is 1.91. The number of benzene rings is 1. The molecule has 0 saturated carbocycles. The van der Waals surface area contributed by atoms with Gasteiger partial charge in [0.15, 0.2) is 0 Å². The maximum absolute atomic E-state index is 5.87. The molecule has 0 aliphatic rings. The molecule has 0 saturated heterocycles. The standard InChI is InChI=1S/C15H12ClN3/c1-10-8-13(19-15(16)17-10)9-12-7-6-11-4-2-3-5-14(11)18-12/h2-8H,9H2,1H3. The summed E-state index contributed by atoms with van der Waals surface area (Å²) in [5.74, 6) is 0. The molecular weight excluding hydrogens is 258 g/mol. The zero-order valence-electron chi connectivity index (χ0n) is 10.5. The lowest BCUT2D eigenvalue weighted by Crippen LogP contribution is -1.98. The number of hydrogen-bond donors (Lipinski definition) is 0. The van der Waals surface area contributed by atoms with Crippen molar-refractivity contribution < 1.29 is 0 Å². The largest absolute Gasteiger partial charge is 0.252 e. The highest BCUT2D eigenvalue weighted by atomic mass is 35.5. The van der Waals surface area contributed by atoms with Crippen LogP contribution in [-0.4, -0.2) is 15.0 Å². The van der Waals surface area contributed by atoms with Gasteiger partial charge in [-0.2, -0.15) is 0 Å². The summed E-state index contributed by atoms with van der Waals surface area (Å²) < 4.78 is 0. The smallest absolute Gasteiger partial charge is 0.222 e. The minimum absolute atomic E-state index is 0.288. The second-order valence-electron chi connectivity index (χ2n) is 4.44. The second kappa shape index (κ2) is 4.94. The van der Waals surface area contributed by atoms with Crippen LogP contribution in [0.4, 0.5) is 0 Å². The number of nitrogens with zero attached hydrogens (tertiary/aromatic N) is 3. The first kappa shape index (κ1) is 12.1. The van der Waals surface area contributed by atoms with E-state index in [1.807, 2.05) is 37.3 Å². The highest BCUT2D eigenvalue weighted by molar-refractivity contribution is 6.28. The molecule has 4 heteroatoms. The van der Waals surface area contributed by atoms with E-state index in [1.54, 1.807) is 0 Å². The van der Waals surface area contributed by atoms with Crippen molar-refractivity contribution in [2.45, 2.75) is 13.3 Å². The summed E-state index contributed by atoms with van der Waals surface area (Å²) in [4.78, 5) is 12.9. The molecule has 0 aliphatic heterocycles. The molecule has 0 atom stereocenters. The van der Waals surface area contributed by atoms with Crippen LogP contribution in [0.15, 0.2) is 42.5 Å². The Kier molecular flexibility index (Phi) is 3.13. The summed E-state index contributed by atoms with van der Waals surface area (Å²) in [5, 5.41) is 1.43. The Morgan fingerprint density at radius 1 is 0.947 bits per heavy atom. The Morgan fingerprint density at radius 3 is 2.63 bits per heavy atom. The van der Waals surface area contributed by atoms with Crippen molar-refractivity contribution in [1.29, 1.82) is 0 Å². The fourth-order valence-electron chi connectivity index (χ4n) is 2.08. The van der Waals surface area contributed by atoms with Gasteiger partial charge in [-0.05, 0) is 36.7 Å². The number of aryl methyl sites for hydroxylation is 1. The van der Waals surface area contributed by atoms with Crippen molar-refractivity contribution in [3.63, 3.8) is 0 Å². The monoisotopic (exact) mass is 269 g/mol. The van der Waals surface area contributed by atoms with Gasteiger partial charge < -0.3 is 0 Å². The van der Waals surface area contributed by atoms with Crippen molar-refractivity contribution in [1.82, 2.24) is 15.0 Å². The third-order valence-electron chi connectivity index (χ3n) is 2.90. The van der Waals surface area contributed by atoms with Gasteiger partial charge >= 0.3 is 0 Å². The van der Waals surface area contributed by atoms with Crippen LogP contribution in [0.1, 0.15) is 17.1 Å². The van der Waals surface area contributed by atoms with Crippen LogP contribution in [0.2, 0.25) is 5.28 Å². The molecular formula is C15H12ClN3. The third-order valence-corrected chi connectivity index (χ3v) is 3.07. The zero-order valence-corrected chi connectivity index (χ0v) is 11.2. The molecule has 0 radical (unpaired) electrons. The number of aromatic nitrogens is 3. The van der Waals surface area contributed by atoms with Gasteiger partial charge in [0.2, 0.25) is 5.28 Å². The van der Waals surface area contributed by atoms with Gasteiger partial charge in [-0.15, -0.1) is 0 Å². The van der Waals surface area contributed by atoms with E-state index in [9.17, 15) is 0 Å². The van der Waals surface area contributed by atoms with Crippen molar-refractivity contribution in [2.24, 2.45) is 0 Å². The molecule has 0 amide bonds. The molecule has 0 N–H and O–H groups in total. The quantitative estimate of drug-likeness (QED) is 0.668. The summed E-state index contributed by atoms with van der Waals surface area (Å²) in [7, 11) is 0. The maximum Gasteiger partial charge on any atom is 0.222 e. The van der Waals surface area contributed by atoms with Crippen LogP contribution in [0.3, 0.4) is 0 Å². The highest BCUT2D eigenvalue weighted by Gasteiger charge is 2.04. The average molecular weight is 270 g/mol. The topological polar surface area (TPSA) is 38.7 Å². The minimum Gasteiger partial charge on any atom is -0.252 e. The third kappa shape index (κ3) is 2.71. The molecule has 0 aliphatic carbocycles. The van der Waals surface area contributed by atoms with E-state index in [-0.39, 0.29) is 5.28 Å². The van der Waals surface area contributed by atoms with Gasteiger partial charge in [-0.3, -0.25) is 4.98 Å². The van der Waals surface area contributed by atoms with E-state index >= 15 is 0 Å². The lowest BCUT2D eigenvalue weighted by atomic mass is 10.1. The van der Waals surface area contributed by atoms with Gasteiger partial charge in [0.25, 0.3) is 0 Å². The molecule has 94 valence electrons. The van der Waals surface area contributed by atoms with E-state index in [0.717, 1.165) is 28.0 Å². The number of fused-ring (bicyclic) bond motifs is 1. The first-order chi connectivity index (χ1) is 9.20. The van der Waals surface area contributed by atoms with E-state index < -0.39 is 0 Å². The molecule has 0 unspecified atom stereocenters. The minimum atomic E-state index is 0.288. The zero-order chi connectivity index (χ0) is 13.2. The first-order valence-electron chi connectivity index (χ1n) is 6.05. The average Bonchev–Trinajstić information content (AvgIpc) is 2.37. The molecule has 2 heterocycles. The molecule has 2 aromatic heterocycles. The molecule has 1 aromatic carbocycles. The predicted molar refractivity (Wildman–Crippen MR) is 76.3 cm³/mol. The Hall–Kier alpha value is -2.00. The molecule has 3 nitrogen and oxygen atoms in total. The summed E-state index contributed by atoms with van der Waals surface area (Å²) >= 11 is 5.87. The second-order valence-corrected chi connectivity index (χ2v) is 4.78. The molecule has 19 heavy (non-hydrogen) atoms. The molecule has 3 aromatic rings. The van der Waals surface area contributed by atoms with Crippen LogP contribution < -0.4 is 0 Å². The number of para-hydroxylation sites is 1. The fraction of sp³-hybridized carbons (Fsp3) is 0.133. The SMILES string of the molecule is Cc1cc(Cc2ccc3ccccc3n2)nc(Cl)n1. The van der Waals surface area contributed by atoms with Gasteiger partial charge in [-0.25, -0.2) is 9.97 Å². The summed E-state index contributed by atoms with van der Waals surface area (Å²) in [6.07, 6.45) is 0.661. The molecule has 3 rings (SSSR count). The maximum atomic E-state index is 5.87. The summed E-state index contributed by atoms with van der Waals surface area (Å²) in [6, 6.07) is 14.1. The van der Waals surface area contributed by atoms with Crippen LogP contribution in [0.5, 0.6) is 0 Å². The normalized spacial score (nSPS) is 10.8. The van der Waals surface area contributed by atoms with Gasteiger partial charge in [0.05, 0.1) is 11.2 Å². The molecule has 0 bridgehead atoms. The first-order valence-corrected chi connectivity index (χ1v) is 6.43. The van der Waals surface area contributed by atoms with Gasteiger partial charge in [0.1, 0.15) is 0 Å². The Labute approximate surface area is 116 Å². The van der Waals surface area contributed by atoms with Crippen LogP contribution in [0, 0.1) is 6.92 Å². The molecule has 0 fully saturated rings. The van der Waals surface area contributed by atoms with Crippen LogP contribution in [-0.2, 0) is 6.42 Å². The van der Waals surface area contributed by atoms with Gasteiger partial charge in [-0.1, -0.05) is 24.3 Å². The van der Waals surface area contributed by atoms with Crippen molar-refractivity contribution in [3.8, 4) is 0 Å². The van der Waals surface area contributed by atoms with E-state index in [2.05, 4.69) is 27.1 Å². The number of hydrogen-bond acceptors (Lipinski definition) is 3. The van der Waals surface area contributed by atoms with E-state index in [4.69, 9.17) is 11.6 Å². The van der Waals surface area contributed by atoms with E-state index in [0.29, 0.717) is 6.42 Å². The number of halogens is 1. The van der Waals surface area contributed by atoms with Crippen LogP contribution in [0.25, 0.3) is 10.9 Å². The van der Waals surface area contributed by atoms with Crippen molar-refractivity contribution >= 4 is 22.5 Å². The fourth-order valence-corrected chi connectivity index (χ4v) is 2.32. The number of pyridine rings is 1. The Bertz CT molecular complexity index is 720. The predicted octanol–water partition coefficient (Wildman–Crippen LogP) is 3.58. The summed E-state index contributed by atoms with van der Waals surface area (Å²) in [5.41, 5.74) is 3.74. The van der Waals surface area contributed by atoms with Gasteiger partial charge in [0, 0.05) is 23.2 Å². The van der Waals surface area contributed by atoms with Crippen molar-refractivity contribution in [3.05, 3.63) is 64.8 Å². The number of rotatable bonds is 2. The van der Waals surface area contributed by atoms with Crippen LogP contribution >= 0.6 is 11.6 Å². The Morgan fingerprint density at radius 2 is 1.79 bits per heavy atom. The highest BCUT2D eigenvalue weighted by Crippen LogP contribution is 2.14. The van der Waals surface area contributed by atoms with E-state index in [1.165, 1.54) is 0 Å². The lowest BCUT2D eigenvalue weighted by molar-refractivity contribution is 0.976.